The van der Waals surface area contributed by atoms with Crippen molar-refractivity contribution in [3.05, 3.63) is 97.1 Å². The first-order valence-electron chi connectivity index (χ1n) is 11.8. The van der Waals surface area contributed by atoms with Crippen LogP contribution in [0.25, 0.3) is 0 Å². The summed E-state index contributed by atoms with van der Waals surface area (Å²) in [7, 11) is -21.7. The molecule has 0 fully saturated rings. The SMILES string of the molecule is O=S(=O)([O][Sn]([O]S(=O)(=O)c1ccc(O)cc1)([O]S(=O)(=O)c1ccc(O)cc1)[O]S(=O)(=O)c1ccc(O)cc1)c1ccc(O)cc1. The number of hydrogen-bond donors (Lipinski definition) is 4. The molecule has 16 nitrogen and oxygen atoms in total. The van der Waals surface area contributed by atoms with Gasteiger partial charge in [-0.05, 0) is 0 Å². The van der Waals surface area contributed by atoms with Crippen molar-refractivity contribution in [3.8, 4) is 23.0 Å². The van der Waals surface area contributed by atoms with Gasteiger partial charge in [0.05, 0.1) is 0 Å². The van der Waals surface area contributed by atoms with Gasteiger partial charge in [-0.1, -0.05) is 0 Å². The van der Waals surface area contributed by atoms with Crippen molar-refractivity contribution < 1.29 is 64.2 Å². The fourth-order valence-corrected chi connectivity index (χ4v) is 24.0. The Balaban J connectivity index is 1.97. The molecule has 0 aliphatic carbocycles. The van der Waals surface area contributed by atoms with Gasteiger partial charge >= 0.3 is 264 Å². The molecule has 0 aromatic heterocycles. The van der Waals surface area contributed by atoms with Crippen molar-refractivity contribution in [2.24, 2.45) is 0 Å². The van der Waals surface area contributed by atoms with Gasteiger partial charge in [0.1, 0.15) is 0 Å². The number of benzene rings is 4. The quantitative estimate of drug-likeness (QED) is 0.149. The van der Waals surface area contributed by atoms with E-state index in [9.17, 15) is 54.1 Å². The van der Waals surface area contributed by atoms with Crippen LogP contribution in [0.3, 0.4) is 0 Å². The average Bonchev–Trinajstić information content (AvgIpc) is 2.92. The Hall–Kier alpha value is -3.48. The van der Waals surface area contributed by atoms with E-state index in [0.29, 0.717) is 0 Å². The molecule has 0 spiro atoms. The summed E-state index contributed by atoms with van der Waals surface area (Å²) in [6.07, 6.45) is 0. The van der Waals surface area contributed by atoms with Crippen molar-refractivity contribution >= 4 is 60.5 Å². The second-order valence-corrected chi connectivity index (χ2v) is 23.4. The van der Waals surface area contributed by atoms with Gasteiger partial charge in [0.25, 0.3) is 0 Å². The van der Waals surface area contributed by atoms with Gasteiger partial charge in [-0.3, -0.25) is 0 Å². The third kappa shape index (κ3) is 8.42. The maximum atomic E-state index is 13.4. The van der Waals surface area contributed by atoms with Crippen LogP contribution in [0.4, 0.5) is 0 Å². The Labute approximate surface area is 262 Å². The number of hydrogen-bond acceptors (Lipinski definition) is 16. The molecule has 0 aliphatic heterocycles. The maximum absolute atomic E-state index is 13.4. The van der Waals surface area contributed by atoms with E-state index in [2.05, 4.69) is 0 Å². The standard InChI is InChI=1S/4C6H6O4S.Sn/c4*7-5-1-3-6(4-2-5)11(8,9)10;/h4*1-4,7H,(H,8,9,10);/q;;;;+4/p-4. The summed E-state index contributed by atoms with van der Waals surface area (Å²) in [6.45, 7) is 0. The summed E-state index contributed by atoms with van der Waals surface area (Å²) >= 11 is -7.83. The van der Waals surface area contributed by atoms with E-state index in [0.717, 1.165) is 97.1 Å². The fraction of sp³-hybridized carbons (Fsp3) is 0. The van der Waals surface area contributed by atoms with Gasteiger partial charge in [-0.25, -0.2) is 0 Å². The summed E-state index contributed by atoms with van der Waals surface area (Å²) in [4.78, 5) is -3.38. The zero-order valence-electron chi connectivity index (χ0n) is 22.1. The van der Waals surface area contributed by atoms with Crippen LogP contribution in [-0.4, -0.2) is 74.1 Å². The second-order valence-electron chi connectivity index (χ2n) is 8.63. The molecule has 0 saturated heterocycles. The van der Waals surface area contributed by atoms with Gasteiger partial charge < -0.3 is 0 Å². The molecule has 0 radical (unpaired) electrons. The molecule has 4 aromatic rings. The number of phenols is 4. The van der Waals surface area contributed by atoms with Crippen molar-refractivity contribution in [3.63, 3.8) is 0 Å². The minimum absolute atomic E-state index is 0.424. The van der Waals surface area contributed by atoms with Gasteiger partial charge in [0, 0.05) is 0 Å². The van der Waals surface area contributed by atoms with Crippen LogP contribution in [0.15, 0.2) is 117 Å². The molecule has 0 aliphatic rings. The van der Waals surface area contributed by atoms with Crippen molar-refractivity contribution in [2.45, 2.75) is 19.6 Å². The first kappa shape index (κ1) is 34.4. The van der Waals surface area contributed by atoms with E-state index in [1.807, 2.05) is 0 Å². The Bertz CT molecular complexity index is 1800. The van der Waals surface area contributed by atoms with Crippen LogP contribution < -0.4 is 0 Å². The molecule has 0 heterocycles. The van der Waals surface area contributed by atoms with Crippen LogP contribution in [0, 0.1) is 0 Å². The van der Waals surface area contributed by atoms with Gasteiger partial charge in [-0.15, -0.1) is 0 Å². The third-order valence-corrected chi connectivity index (χ3v) is 24.9. The summed E-state index contributed by atoms with van der Waals surface area (Å²) < 4.78 is 127. The fourth-order valence-electron chi connectivity index (χ4n) is 3.26. The third-order valence-electron chi connectivity index (χ3n) is 5.35. The molecule has 0 saturated carbocycles. The van der Waals surface area contributed by atoms with Crippen LogP contribution in [0.5, 0.6) is 23.0 Å². The predicted octanol–water partition coefficient (Wildman–Crippen LogP) is 1.87. The molecule has 0 unspecified atom stereocenters. The molecule has 21 heteroatoms. The molecule has 0 amide bonds. The zero-order chi connectivity index (χ0) is 33.3. The van der Waals surface area contributed by atoms with Crippen LogP contribution in [0.2, 0.25) is 0 Å². The Morgan fingerprint density at radius 3 is 0.644 bits per heavy atom. The molecular formula is C24H20O16S4Sn. The van der Waals surface area contributed by atoms with E-state index in [4.69, 9.17) is 10.1 Å². The molecular weight excluding hydrogens is 791 g/mol. The van der Waals surface area contributed by atoms with E-state index in [1.165, 1.54) is 0 Å². The molecule has 4 rings (SSSR count). The Morgan fingerprint density at radius 2 is 0.489 bits per heavy atom. The number of rotatable bonds is 12. The molecule has 0 atom stereocenters. The first-order valence-corrected chi connectivity index (χ1v) is 22.1. The normalized spacial score (nSPS) is 13.0. The first-order chi connectivity index (χ1) is 20.8. The Kier molecular flexibility index (Phi) is 9.73. The van der Waals surface area contributed by atoms with E-state index < -0.39 is 103 Å². The molecule has 4 N–H and O–H groups in total. The monoisotopic (exact) mass is 812 g/mol. The minimum atomic E-state index is -7.83. The molecule has 0 bridgehead atoms. The number of phenolic OH excluding ortho intramolecular Hbond substituents is 4. The average molecular weight is 811 g/mol. The topological polar surface area (TPSA) is 254 Å². The van der Waals surface area contributed by atoms with Crippen LogP contribution in [0.1, 0.15) is 0 Å². The van der Waals surface area contributed by atoms with Crippen molar-refractivity contribution in [2.75, 3.05) is 0 Å². The van der Waals surface area contributed by atoms with Crippen LogP contribution >= 0.6 is 0 Å². The van der Waals surface area contributed by atoms with Crippen molar-refractivity contribution in [1.29, 1.82) is 0 Å². The summed E-state index contributed by atoms with van der Waals surface area (Å²) in [5.41, 5.74) is 0. The van der Waals surface area contributed by atoms with E-state index >= 15 is 0 Å². The van der Waals surface area contributed by atoms with Gasteiger partial charge in [0.2, 0.25) is 0 Å². The van der Waals surface area contributed by atoms with Gasteiger partial charge in [0.15, 0.2) is 0 Å². The van der Waals surface area contributed by atoms with Crippen molar-refractivity contribution in [1.82, 2.24) is 0 Å². The summed E-state index contributed by atoms with van der Waals surface area (Å²) in [5, 5.41) is 38.2. The molecule has 45 heavy (non-hydrogen) atoms. The van der Waals surface area contributed by atoms with E-state index in [-0.39, 0.29) is 0 Å². The van der Waals surface area contributed by atoms with Crippen LogP contribution in [-0.2, 0) is 50.6 Å². The second kappa shape index (κ2) is 12.7. The van der Waals surface area contributed by atoms with E-state index in [1.54, 1.807) is 0 Å². The zero-order valence-corrected chi connectivity index (χ0v) is 28.2. The summed E-state index contributed by atoms with van der Waals surface area (Å²) in [6, 6.07) is 12.9. The summed E-state index contributed by atoms with van der Waals surface area (Å²) in [5.74, 6) is -1.70. The molecule has 4 aromatic carbocycles. The number of aromatic hydroxyl groups is 4. The Morgan fingerprint density at radius 1 is 0.333 bits per heavy atom. The van der Waals surface area contributed by atoms with Gasteiger partial charge in [-0.2, -0.15) is 0 Å². The predicted molar refractivity (Wildman–Crippen MR) is 151 cm³/mol. The molecule has 240 valence electrons.